The Labute approximate surface area is 185 Å². The standard InChI is InChI=1S/C30H42/c1-11-12-13-22-14-26-20(3)19(2)21(4)28(27(26)15-22)23-16-24(29(5,6)7)18-25(17-23)30(8,9)10/h15-18H,11-14H2,1-10H3. The van der Waals surface area contributed by atoms with E-state index in [1.165, 1.54) is 63.8 Å². The summed E-state index contributed by atoms with van der Waals surface area (Å²) in [6.07, 6.45) is 7.46. The molecule has 1 aliphatic rings. The monoisotopic (exact) mass is 402 g/mol. The minimum Gasteiger partial charge on any atom is -0.0654 e. The van der Waals surface area contributed by atoms with Gasteiger partial charge in [0.2, 0.25) is 0 Å². The summed E-state index contributed by atoms with van der Waals surface area (Å²) >= 11 is 0. The molecule has 2 aromatic carbocycles. The van der Waals surface area contributed by atoms with Crippen molar-refractivity contribution in [1.29, 1.82) is 0 Å². The van der Waals surface area contributed by atoms with Crippen LogP contribution in [0.1, 0.15) is 107 Å². The molecule has 0 radical (unpaired) electrons. The zero-order valence-electron chi connectivity index (χ0n) is 21.1. The topological polar surface area (TPSA) is 0 Å². The molecule has 2 aromatic rings. The van der Waals surface area contributed by atoms with Crippen molar-refractivity contribution in [3.8, 4) is 11.1 Å². The van der Waals surface area contributed by atoms with Gasteiger partial charge >= 0.3 is 0 Å². The van der Waals surface area contributed by atoms with Gasteiger partial charge in [-0.15, -0.1) is 0 Å². The summed E-state index contributed by atoms with van der Waals surface area (Å²) in [7, 11) is 0. The van der Waals surface area contributed by atoms with E-state index >= 15 is 0 Å². The molecule has 162 valence electrons. The SMILES string of the molecule is CCCCC1=Cc2c(c(C)c(C)c(C)c2-c2cc(C(C)(C)C)cc(C(C)(C)C)c2)C1. The van der Waals surface area contributed by atoms with Crippen molar-refractivity contribution in [2.75, 3.05) is 0 Å². The van der Waals surface area contributed by atoms with Crippen LogP contribution in [0.4, 0.5) is 0 Å². The van der Waals surface area contributed by atoms with E-state index in [0.29, 0.717) is 0 Å². The number of rotatable bonds is 4. The average Bonchev–Trinajstić information content (AvgIpc) is 3.07. The van der Waals surface area contributed by atoms with Gasteiger partial charge in [0.05, 0.1) is 0 Å². The third-order valence-corrected chi connectivity index (χ3v) is 7.10. The second-order valence-corrected chi connectivity index (χ2v) is 11.5. The molecule has 1 aliphatic carbocycles. The van der Waals surface area contributed by atoms with Crippen LogP contribution in [0.3, 0.4) is 0 Å². The van der Waals surface area contributed by atoms with Crippen molar-refractivity contribution in [3.05, 3.63) is 62.7 Å². The molecular weight excluding hydrogens is 360 g/mol. The molecule has 0 spiro atoms. The smallest absolute Gasteiger partial charge is 0.00549 e. The van der Waals surface area contributed by atoms with Crippen molar-refractivity contribution < 1.29 is 0 Å². The molecule has 0 fully saturated rings. The van der Waals surface area contributed by atoms with Gasteiger partial charge in [-0.05, 0) is 101 Å². The Morgan fingerprint density at radius 3 is 1.83 bits per heavy atom. The fourth-order valence-electron chi connectivity index (χ4n) is 4.69. The molecule has 0 heteroatoms. The molecule has 0 saturated heterocycles. The predicted octanol–water partition coefficient (Wildman–Crippen LogP) is 9.00. The van der Waals surface area contributed by atoms with Crippen molar-refractivity contribution in [2.45, 2.75) is 106 Å². The predicted molar refractivity (Wildman–Crippen MR) is 135 cm³/mol. The Hall–Kier alpha value is -1.82. The van der Waals surface area contributed by atoms with Crippen LogP contribution in [-0.4, -0.2) is 0 Å². The maximum Gasteiger partial charge on any atom is -0.00549 e. The Morgan fingerprint density at radius 1 is 0.767 bits per heavy atom. The first-order valence-corrected chi connectivity index (χ1v) is 11.8. The van der Waals surface area contributed by atoms with Gasteiger partial charge in [0.15, 0.2) is 0 Å². The maximum absolute atomic E-state index is 2.53. The van der Waals surface area contributed by atoms with E-state index in [1.54, 1.807) is 11.1 Å². The van der Waals surface area contributed by atoms with Crippen LogP contribution in [-0.2, 0) is 17.3 Å². The minimum atomic E-state index is 0.134. The minimum absolute atomic E-state index is 0.134. The summed E-state index contributed by atoms with van der Waals surface area (Å²) < 4.78 is 0. The van der Waals surface area contributed by atoms with Crippen molar-refractivity contribution in [2.24, 2.45) is 0 Å². The zero-order valence-corrected chi connectivity index (χ0v) is 21.1. The third kappa shape index (κ3) is 4.29. The molecule has 0 unspecified atom stereocenters. The van der Waals surface area contributed by atoms with E-state index in [0.717, 1.165) is 6.42 Å². The van der Waals surface area contributed by atoms with Crippen LogP contribution in [0.2, 0.25) is 0 Å². The molecule has 0 aliphatic heterocycles. The van der Waals surface area contributed by atoms with Gasteiger partial charge in [-0.3, -0.25) is 0 Å². The lowest BCUT2D eigenvalue weighted by Gasteiger charge is -2.27. The summed E-state index contributed by atoms with van der Waals surface area (Å²) in [4.78, 5) is 0. The maximum atomic E-state index is 2.53. The summed E-state index contributed by atoms with van der Waals surface area (Å²) in [5.74, 6) is 0. The molecule has 0 heterocycles. The summed E-state index contributed by atoms with van der Waals surface area (Å²) in [5, 5.41) is 0. The van der Waals surface area contributed by atoms with Crippen molar-refractivity contribution >= 4 is 6.08 Å². The Balaban J connectivity index is 2.30. The largest absolute Gasteiger partial charge is 0.0654 e. The van der Waals surface area contributed by atoms with Gasteiger partial charge in [0.1, 0.15) is 0 Å². The molecule has 0 nitrogen and oxygen atoms in total. The second kappa shape index (κ2) is 8.03. The molecule has 0 saturated carbocycles. The fraction of sp³-hybridized carbons (Fsp3) is 0.533. The number of hydrogen-bond donors (Lipinski definition) is 0. The van der Waals surface area contributed by atoms with Gasteiger partial charge in [-0.1, -0.05) is 84.7 Å². The molecular formula is C30H42. The summed E-state index contributed by atoms with van der Waals surface area (Å²) in [6.45, 7) is 23.3. The number of fused-ring (bicyclic) bond motifs is 1. The van der Waals surface area contributed by atoms with Crippen LogP contribution in [0.15, 0.2) is 23.8 Å². The molecule has 0 atom stereocenters. The van der Waals surface area contributed by atoms with E-state index in [1.807, 2.05) is 0 Å². The molecule has 3 rings (SSSR count). The molecule has 0 bridgehead atoms. The van der Waals surface area contributed by atoms with Crippen LogP contribution < -0.4 is 0 Å². The van der Waals surface area contributed by atoms with Gasteiger partial charge in [-0.25, -0.2) is 0 Å². The van der Waals surface area contributed by atoms with Crippen LogP contribution >= 0.6 is 0 Å². The van der Waals surface area contributed by atoms with E-state index in [-0.39, 0.29) is 10.8 Å². The van der Waals surface area contributed by atoms with Crippen molar-refractivity contribution in [1.82, 2.24) is 0 Å². The highest BCUT2D eigenvalue weighted by molar-refractivity contribution is 5.85. The number of hydrogen-bond acceptors (Lipinski definition) is 0. The molecule has 0 N–H and O–H groups in total. The Morgan fingerprint density at radius 2 is 1.33 bits per heavy atom. The summed E-state index contributed by atoms with van der Waals surface area (Å²) in [6, 6.07) is 7.36. The number of benzene rings is 2. The zero-order chi connectivity index (χ0) is 22.4. The van der Waals surface area contributed by atoms with Gasteiger partial charge in [0.25, 0.3) is 0 Å². The molecule has 0 amide bonds. The van der Waals surface area contributed by atoms with E-state index in [2.05, 4.69) is 93.5 Å². The van der Waals surface area contributed by atoms with Gasteiger partial charge in [-0.2, -0.15) is 0 Å². The first kappa shape index (κ1) is 22.9. The number of unbranched alkanes of at least 4 members (excludes halogenated alkanes) is 1. The van der Waals surface area contributed by atoms with Gasteiger partial charge < -0.3 is 0 Å². The van der Waals surface area contributed by atoms with Crippen LogP contribution in [0, 0.1) is 20.8 Å². The Bertz CT molecular complexity index is 952. The first-order chi connectivity index (χ1) is 13.8. The highest BCUT2D eigenvalue weighted by Gasteiger charge is 2.26. The second-order valence-electron chi connectivity index (χ2n) is 11.5. The lowest BCUT2D eigenvalue weighted by molar-refractivity contribution is 0.569. The lowest BCUT2D eigenvalue weighted by atomic mass is 9.77. The highest BCUT2D eigenvalue weighted by Crippen LogP contribution is 2.43. The summed E-state index contributed by atoms with van der Waals surface area (Å²) in [5.41, 5.74) is 15.1. The molecule has 0 aromatic heterocycles. The van der Waals surface area contributed by atoms with Crippen LogP contribution in [0.5, 0.6) is 0 Å². The third-order valence-electron chi connectivity index (χ3n) is 7.10. The number of allylic oxidation sites excluding steroid dienone is 1. The first-order valence-electron chi connectivity index (χ1n) is 11.8. The lowest BCUT2D eigenvalue weighted by Crippen LogP contribution is -2.16. The molecule has 30 heavy (non-hydrogen) atoms. The highest BCUT2D eigenvalue weighted by atomic mass is 14.3. The average molecular weight is 403 g/mol. The fourth-order valence-corrected chi connectivity index (χ4v) is 4.69. The Kier molecular flexibility index (Phi) is 6.11. The van der Waals surface area contributed by atoms with E-state index in [9.17, 15) is 0 Å². The quantitative estimate of drug-likeness (QED) is 0.478. The van der Waals surface area contributed by atoms with Crippen molar-refractivity contribution in [3.63, 3.8) is 0 Å². The van der Waals surface area contributed by atoms with E-state index in [4.69, 9.17) is 0 Å². The normalized spacial score (nSPS) is 14.1. The van der Waals surface area contributed by atoms with Crippen LogP contribution in [0.25, 0.3) is 17.2 Å². The van der Waals surface area contributed by atoms with Gasteiger partial charge in [0, 0.05) is 0 Å². The van der Waals surface area contributed by atoms with E-state index < -0.39 is 0 Å².